The smallest absolute Gasteiger partial charge is 0.339 e. The third-order valence-corrected chi connectivity index (χ3v) is 7.21. The molecular formula is C24H31NO5. The lowest BCUT2D eigenvalue weighted by atomic mass is 9.71. The van der Waals surface area contributed by atoms with E-state index >= 15 is 0 Å². The molecule has 0 radical (unpaired) electrons. The van der Waals surface area contributed by atoms with Gasteiger partial charge in [-0.05, 0) is 64.7 Å². The number of piperidine rings is 1. The lowest BCUT2D eigenvalue weighted by molar-refractivity contribution is -0.149. The number of benzene rings is 1. The van der Waals surface area contributed by atoms with Crippen molar-refractivity contribution in [2.24, 2.45) is 5.92 Å². The molecule has 2 aromatic rings. The molecule has 1 aromatic carbocycles. The average molecular weight is 414 g/mol. The quantitative estimate of drug-likeness (QED) is 0.777. The molecule has 6 heteroatoms. The van der Waals surface area contributed by atoms with Crippen LogP contribution < -0.4 is 10.4 Å². The van der Waals surface area contributed by atoms with Crippen LogP contribution in [0.25, 0.3) is 11.0 Å². The number of aliphatic hydroxyl groups is 1. The molecule has 0 bridgehead atoms. The molecule has 1 aliphatic heterocycles. The number of hydrogen-bond donors (Lipinski definition) is 1. The fourth-order valence-corrected chi connectivity index (χ4v) is 5.02. The Morgan fingerprint density at radius 2 is 1.97 bits per heavy atom. The topological polar surface area (TPSA) is 80.0 Å². The predicted molar refractivity (Wildman–Crippen MR) is 115 cm³/mol. The first-order valence-corrected chi connectivity index (χ1v) is 10.9. The molecule has 4 rings (SSSR count). The minimum absolute atomic E-state index is 0.0661. The second-order valence-corrected chi connectivity index (χ2v) is 9.05. The second-order valence-electron chi connectivity index (χ2n) is 9.05. The molecule has 2 aliphatic rings. The van der Waals surface area contributed by atoms with Crippen molar-refractivity contribution >= 4 is 16.9 Å². The summed E-state index contributed by atoms with van der Waals surface area (Å²) in [6.45, 7) is 8.41. The molecule has 3 atom stereocenters. The largest absolute Gasteiger partial charge is 0.480 e. The molecule has 6 nitrogen and oxygen atoms in total. The normalized spacial score (nSPS) is 25.1. The molecule has 1 N–H and O–H groups in total. The first kappa shape index (κ1) is 20.9. The summed E-state index contributed by atoms with van der Waals surface area (Å²) in [7, 11) is 0. The van der Waals surface area contributed by atoms with Crippen LogP contribution in [0.2, 0.25) is 0 Å². The lowest BCUT2D eigenvalue weighted by Gasteiger charge is -2.47. The average Bonchev–Trinajstić information content (AvgIpc) is 2.73. The van der Waals surface area contributed by atoms with Gasteiger partial charge in [-0.3, -0.25) is 4.79 Å². The summed E-state index contributed by atoms with van der Waals surface area (Å²) >= 11 is 0. The van der Waals surface area contributed by atoms with Crippen molar-refractivity contribution in [1.82, 2.24) is 4.90 Å². The predicted octanol–water partition coefficient (Wildman–Crippen LogP) is 3.64. The monoisotopic (exact) mass is 413 g/mol. The lowest BCUT2D eigenvalue weighted by Crippen LogP contribution is -2.56. The Labute approximate surface area is 176 Å². The van der Waals surface area contributed by atoms with Gasteiger partial charge in [0.2, 0.25) is 0 Å². The Balaban J connectivity index is 1.52. The molecular weight excluding hydrogens is 382 g/mol. The Bertz CT molecular complexity index is 1040. The number of ether oxygens (including phenoxy) is 1. The molecule has 1 saturated heterocycles. The third-order valence-electron chi connectivity index (χ3n) is 7.21. The number of carbonyl (C=O) groups excluding carboxylic acids is 1. The van der Waals surface area contributed by atoms with E-state index in [4.69, 9.17) is 9.15 Å². The maximum atomic E-state index is 13.1. The van der Waals surface area contributed by atoms with Gasteiger partial charge in [-0.2, -0.15) is 0 Å². The maximum absolute atomic E-state index is 13.1. The number of rotatable bonds is 3. The van der Waals surface area contributed by atoms with Gasteiger partial charge < -0.3 is 19.2 Å². The first-order chi connectivity index (χ1) is 14.2. The van der Waals surface area contributed by atoms with Gasteiger partial charge in [-0.25, -0.2) is 4.79 Å². The van der Waals surface area contributed by atoms with Gasteiger partial charge in [0.25, 0.3) is 5.91 Å². The minimum Gasteiger partial charge on any atom is -0.480 e. The van der Waals surface area contributed by atoms with Crippen LogP contribution in [-0.4, -0.2) is 40.7 Å². The van der Waals surface area contributed by atoms with Gasteiger partial charge in [0.15, 0.2) is 6.10 Å². The fourth-order valence-electron chi connectivity index (χ4n) is 5.02. The van der Waals surface area contributed by atoms with Crippen molar-refractivity contribution in [3.63, 3.8) is 0 Å². The number of amides is 1. The van der Waals surface area contributed by atoms with Crippen molar-refractivity contribution in [2.45, 2.75) is 71.5 Å². The Morgan fingerprint density at radius 3 is 2.73 bits per heavy atom. The van der Waals surface area contributed by atoms with E-state index in [1.807, 2.05) is 30.9 Å². The van der Waals surface area contributed by atoms with Crippen LogP contribution in [0.5, 0.6) is 5.75 Å². The van der Waals surface area contributed by atoms with E-state index in [1.54, 1.807) is 13.8 Å². The number of fused-ring (bicyclic) bond motifs is 2. The zero-order valence-corrected chi connectivity index (χ0v) is 18.3. The molecule has 0 unspecified atom stereocenters. The van der Waals surface area contributed by atoms with Crippen molar-refractivity contribution in [2.75, 3.05) is 13.1 Å². The van der Waals surface area contributed by atoms with Crippen LogP contribution in [0.3, 0.4) is 0 Å². The van der Waals surface area contributed by atoms with Gasteiger partial charge in [-0.15, -0.1) is 0 Å². The van der Waals surface area contributed by atoms with Gasteiger partial charge in [0.1, 0.15) is 11.3 Å². The van der Waals surface area contributed by atoms with Gasteiger partial charge in [0, 0.05) is 35.5 Å². The molecule has 1 saturated carbocycles. The Kier molecular flexibility index (Phi) is 5.39. The van der Waals surface area contributed by atoms with E-state index in [0.29, 0.717) is 42.0 Å². The maximum Gasteiger partial charge on any atom is 0.339 e. The third kappa shape index (κ3) is 3.51. The second kappa shape index (κ2) is 7.73. The van der Waals surface area contributed by atoms with Crippen LogP contribution >= 0.6 is 0 Å². The molecule has 1 amide bonds. The highest BCUT2D eigenvalue weighted by Crippen LogP contribution is 2.40. The zero-order chi connectivity index (χ0) is 21.6. The highest BCUT2D eigenvalue weighted by Gasteiger charge is 2.44. The van der Waals surface area contributed by atoms with E-state index in [0.717, 1.165) is 36.6 Å². The summed E-state index contributed by atoms with van der Waals surface area (Å²) in [5.41, 5.74) is 1.76. The molecule has 2 heterocycles. The number of nitrogens with zero attached hydrogens (tertiary/aromatic N) is 1. The van der Waals surface area contributed by atoms with E-state index < -0.39 is 11.7 Å². The summed E-state index contributed by atoms with van der Waals surface area (Å²) in [4.78, 5) is 27.0. The van der Waals surface area contributed by atoms with Crippen LogP contribution in [-0.2, 0) is 4.79 Å². The molecule has 0 spiro atoms. The van der Waals surface area contributed by atoms with Crippen LogP contribution in [0.4, 0.5) is 0 Å². The van der Waals surface area contributed by atoms with Gasteiger partial charge in [-0.1, -0.05) is 12.8 Å². The summed E-state index contributed by atoms with van der Waals surface area (Å²) < 4.78 is 11.5. The standard InChI is InChI=1S/C24H31NO5/c1-14-15(2)23(27)30-21-16(3)20(9-8-19(14)21)29-17(4)22(26)25-12-11-24(28)10-6-5-7-18(24)13-25/h8-9,17-18,28H,5-7,10-13H2,1-4H3/t17-,18+,24-/m0/s1. The van der Waals surface area contributed by atoms with Crippen molar-refractivity contribution < 1.29 is 19.1 Å². The van der Waals surface area contributed by atoms with Crippen LogP contribution in [0.15, 0.2) is 21.3 Å². The van der Waals surface area contributed by atoms with E-state index in [1.165, 1.54) is 0 Å². The molecule has 30 heavy (non-hydrogen) atoms. The number of hydrogen-bond acceptors (Lipinski definition) is 5. The van der Waals surface area contributed by atoms with E-state index in [-0.39, 0.29) is 17.5 Å². The molecule has 162 valence electrons. The first-order valence-electron chi connectivity index (χ1n) is 10.9. The van der Waals surface area contributed by atoms with Crippen LogP contribution in [0.1, 0.15) is 55.7 Å². The number of aryl methyl sites for hydroxylation is 2. The zero-order valence-electron chi connectivity index (χ0n) is 18.3. The summed E-state index contributed by atoms with van der Waals surface area (Å²) in [6.07, 6.45) is 3.96. The summed E-state index contributed by atoms with van der Waals surface area (Å²) in [5, 5.41) is 11.7. The summed E-state index contributed by atoms with van der Waals surface area (Å²) in [5.74, 6) is 0.628. The highest BCUT2D eigenvalue weighted by molar-refractivity contribution is 5.86. The SMILES string of the molecule is Cc1c(C)c2ccc(O[C@@H](C)C(=O)N3CC[C@@]4(O)CCCC[C@@H]4C3)c(C)c2oc1=O. The Morgan fingerprint density at radius 1 is 1.20 bits per heavy atom. The molecule has 1 aliphatic carbocycles. The van der Waals surface area contributed by atoms with Crippen molar-refractivity contribution in [3.8, 4) is 5.75 Å². The van der Waals surface area contributed by atoms with E-state index in [2.05, 4.69) is 0 Å². The van der Waals surface area contributed by atoms with Crippen molar-refractivity contribution in [1.29, 1.82) is 0 Å². The molecule has 2 fully saturated rings. The fraction of sp³-hybridized carbons (Fsp3) is 0.583. The Hall–Kier alpha value is -2.34. The van der Waals surface area contributed by atoms with E-state index in [9.17, 15) is 14.7 Å². The van der Waals surface area contributed by atoms with Gasteiger partial charge >= 0.3 is 5.63 Å². The van der Waals surface area contributed by atoms with Crippen LogP contribution in [0, 0.1) is 26.7 Å². The number of likely N-dealkylation sites (tertiary alicyclic amines) is 1. The number of carbonyl (C=O) groups is 1. The highest BCUT2D eigenvalue weighted by atomic mass is 16.5. The molecule has 1 aromatic heterocycles. The van der Waals surface area contributed by atoms with Crippen molar-refractivity contribution in [3.05, 3.63) is 39.2 Å². The van der Waals surface area contributed by atoms with Gasteiger partial charge in [0.05, 0.1) is 5.60 Å². The minimum atomic E-state index is -0.658. The summed E-state index contributed by atoms with van der Waals surface area (Å²) in [6, 6.07) is 3.72.